The fourth-order valence-electron chi connectivity index (χ4n) is 2.78. The van der Waals surface area contributed by atoms with Crippen molar-refractivity contribution >= 4 is 0 Å². The molecule has 19 heavy (non-hydrogen) atoms. The Labute approximate surface area is 117 Å². The molecule has 0 bridgehead atoms. The maximum Gasteiger partial charge on any atom is 0.0900 e. The molecule has 5 nitrogen and oxygen atoms in total. The van der Waals surface area contributed by atoms with Crippen LogP contribution in [0.15, 0.2) is 0 Å². The molecule has 0 aromatic heterocycles. The minimum Gasteiger partial charge on any atom is -0.389 e. The Balaban J connectivity index is 2.21. The average Bonchev–Trinajstić information content (AvgIpc) is 2.43. The second kappa shape index (κ2) is 9.66. The maximum absolute atomic E-state index is 9.96. The minimum atomic E-state index is -0.402. The molecule has 1 fully saturated rings. The van der Waals surface area contributed by atoms with Crippen molar-refractivity contribution in [2.24, 2.45) is 5.92 Å². The van der Waals surface area contributed by atoms with E-state index in [-0.39, 0.29) is 0 Å². The van der Waals surface area contributed by atoms with Gasteiger partial charge in [0.2, 0.25) is 0 Å². The molecular formula is C14H30N2O3. The van der Waals surface area contributed by atoms with Gasteiger partial charge in [-0.15, -0.1) is 0 Å². The van der Waals surface area contributed by atoms with Crippen molar-refractivity contribution < 1.29 is 14.6 Å². The van der Waals surface area contributed by atoms with E-state index in [0.717, 1.165) is 19.5 Å². The molecule has 114 valence electrons. The zero-order chi connectivity index (χ0) is 14.1. The fourth-order valence-corrected chi connectivity index (χ4v) is 2.78. The molecule has 1 saturated heterocycles. The van der Waals surface area contributed by atoms with Gasteiger partial charge in [-0.05, 0) is 25.9 Å². The molecule has 0 saturated carbocycles. The Morgan fingerprint density at radius 2 is 2.21 bits per heavy atom. The lowest BCUT2D eigenvalue weighted by atomic mass is 9.90. The number of β-amino-alcohol motifs (C(OH)–C–C–N with tert-alkyl or cyclic N) is 1. The van der Waals surface area contributed by atoms with Crippen molar-refractivity contribution in [3.8, 4) is 0 Å². The first-order valence-electron chi connectivity index (χ1n) is 7.35. The Kier molecular flexibility index (Phi) is 8.57. The average molecular weight is 274 g/mol. The molecule has 0 amide bonds. The maximum atomic E-state index is 9.96. The van der Waals surface area contributed by atoms with Gasteiger partial charge >= 0.3 is 0 Å². The van der Waals surface area contributed by atoms with Gasteiger partial charge in [-0.1, -0.05) is 13.3 Å². The van der Waals surface area contributed by atoms with Crippen molar-refractivity contribution in [2.45, 2.75) is 31.9 Å². The molecule has 2 N–H and O–H groups in total. The second-order valence-electron chi connectivity index (χ2n) is 5.33. The third-order valence-corrected chi connectivity index (χ3v) is 3.92. The van der Waals surface area contributed by atoms with E-state index < -0.39 is 6.10 Å². The van der Waals surface area contributed by atoms with Gasteiger partial charge in [-0.25, -0.2) is 0 Å². The molecule has 3 unspecified atom stereocenters. The summed E-state index contributed by atoms with van der Waals surface area (Å²) in [6.07, 6.45) is 1.94. The van der Waals surface area contributed by atoms with Crippen molar-refractivity contribution in [1.29, 1.82) is 0 Å². The van der Waals surface area contributed by atoms with Crippen molar-refractivity contribution in [3.05, 3.63) is 0 Å². The minimum absolute atomic E-state index is 0.395. The lowest BCUT2D eigenvalue weighted by Crippen LogP contribution is -2.50. The number of aliphatic hydroxyl groups is 1. The molecule has 1 rings (SSSR count). The van der Waals surface area contributed by atoms with Gasteiger partial charge in [0.1, 0.15) is 0 Å². The monoisotopic (exact) mass is 274 g/mol. The number of hydrogen-bond donors (Lipinski definition) is 2. The summed E-state index contributed by atoms with van der Waals surface area (Å²) in [5.41, 5.74) is 0. The molecule has 3 atom stereocenters. The molecule has 0 aromatic rings. The predicted octanol–water partition coefficient (Wildman–Crippen LogP) is 0.330. The SMILES string of the molecule is CCC1CN(CC(O)COCCOC)CCC1NC. The largest absolute Gasteiger partial charge is 0.389 e. The molecule has 0 aliphatic carbocycles. The van der Waals surface area contributed by atoms with Gasteiger partial charge in [0, 0.05) is 26.2 Å². The standard InChI is InChI=1S/C14H30N2O3/c1-4-12-9-16(6-5-14(12)15-2)10-13(17)11-19-8-7-18-3/h12-15,17H,4-11H2,1-3H3. The Bertz CT molecular complexity index is 229. The van der Waals surface area contributed by atoms with Gasteiger partial charge in [-0.3, -0.25) is 0 Å². The number of piperidine rings is 1. The van der Waals surface area contributed by atoms with E-state index in [0.29, 0.717) is 38.3 Å². The number of nitrogens with one attached hydrogen (secondary N) is 1. The van der Waals surface area contributed by atoms with Crippen molar-refractivity contribution in [3.63, 3.8) is 0 Å². The van der Waals surface area contributed by atoms with Crippen LogP contribution in [0.4, 0.5) is 0 Å². The van der Waals surface area contributed by atoms with Gasteiger partial charge < -0.3 is 24.8 Å². The van der Waals surface area contributed by atoms with Crippen LogP contribution < -0.4 is 5.32 Å². The number of likely N-dealkylation sites (tertiary alicyclic amines) is 1. The zero-order valence-electron chi connectivity index (χ0n) is 12.6. The van der Waals surface area contributed by atoms with E-state index in [4.69, 9.17) is 9.47 Å². The van der Waals surface area contributed by atoms with Crippen molar-refractivity contribution in [2.75, 3.05) is 53.6 Å². The first-order valence-corrected chi connectivity index (χ1v) is 7.35. The number of rotatable bonds is 9. The third kappa shape index (κ3) is 6.19. The molecule has 1 heterocycles. The van der Waals surface area contributed by atoms with E-state index in [1.165, 1.54) is 6.42 Å². The van der Waals surface area contributed by atoms with Crippen LogP contribution in [0.25, 0.3) is 0 Å². The molecule has 1 aliphatic heterocycles. The Hall–Kier alpha value is -0.200. The first-order chi connectivity index (χ1) is 9.21. The van der Waals surface area contributed by atoms with Gasteiger partial charge in [0.15, 0.2) is 0 Å². The summed E-state index contributed by atoms with van der Waals surface area (Å²) in [7, 11) is 3.69. The van der Waals surface area contributed by atoms with Crippen LogP contribution in [-0.2, 0) is 9.47 Å². The van der Waals surface area contributed by atoms with E-state index in [1.54, 1.807) is 7.11 Å². The quantitative estimate of drug-likeness (QED) is 0.594. The summed E-state index contributed by atoms with van der Waals surface area (Å²) in [6, 6.07) is 0.622. The summed E-state index contributed by atoms with van der Waals surface area (Å²) in [6.45, 7) is 6.59. The second-order valence-corrected chi connectivity index (χ2v) is 5.33. The molecule has 0 spiro atoms. The number of hydrogen-bond acceptors (Lipinski definition) is 5. The summed E-state index contributed by atoms with van der Waals surface area (Å²) in [4.78, 5) is 2.35. The fraction of sp³-hybridized carbons (Fsp3) is 1.00. The van der Waals surface area contributed by atoms with Gasteiger partial charge in [-0.2, -0.15) is 0 Å². The van der Waals surface area contributed by atoms with E-state index >= 15 is 0 Å². The summed E-state index contributed by atoms with van der Waals surface area (Å²) in [5, 5.41) is 13.4. The highest BCUT2D eigenvalue weighted by Gasteiger charge is 2.27. The topological polar surface area (TPSA) is 54.0 Å². The van der Waals surface area contributed by atoms with Gasteiger partial charge in [0.25, 0.3) is 0 Å². The van der Waals surface area contributed by atoms with Crippen LogP contribution in [0.3, 0.4) is 0 Å². The van der Waals surface area contributed by atoms with Crippen LogP contribution in [-0.4, -0.2) is 75.8 Å². The van der Waals surface area contributed by atoms with Crippen LogP contribution in [0.1, 0.15) is 19.8 Å². The highest BCUT2D eigenvalue weighted by molar-refractivity contribution is 4.84. The van der Waals surface area contributed by atoms with E-state index in [2.05, 4.69) is 17.1 Å². The number of aliphatic hydroxyl groups excluding tert-OH is 1. The summed E-state index contributed by atoms with van der Waals surface area (Å²) in [5.74, 6) is 0.681. The molecular weight excluding hydrogens is 244 g/mol. The van der Waals surface area contributed by atoms with Crippen LogP contribution in [0, 0.1) is 5.92 Å². The molecule has 5 heteroatoms. The summed E-state index contributed by atoms with van der Waals surface area (Å²) >= 11 is 0. The Morgan fingerprint density at radius 1 is 1.42 bits per heavy atom. The van der Waals surface area contributed by atoms with Crippen LogP contribution in [0.5, 0.6) is 0 Å². The number of ether oxygens (including phenoxy) is 2. The van der Waals surface area contributed by atoms with Crippen LogP contribution >= 0.6 is 0 Å². The molecule has 0 radical (unpaired) electrons. The van der Waals surface area contributed by atoms with Crippen LogP contribution in [0.2, 0.25) is 0 Å². The smallest absolute Gasteiger partial charge is 0.0900 e. The predicted molar refractivity (Wildman–Crippen MR) is 76.4 cm³/mol. The highest BCUT2D eigenvalue weighted by Crippen LogP contribution is 2.20. The van der Waals surface area contributed by atoms with E-state index in [1.807, 2.05) is 7.05 Å². The Morgan fingerprint density at radius 3 is 2.84 bits per heavy atom. The summed E-state index contributed by atoms with van der Waals surface area (Å²) < 4.78 is 10.3. The van der Waals surface area contributed by atoms with Crippen molar-refractivity contribution in [1.82, 2.24) is 10.2 Å². The zero-order valence-corrected chi connectivity index (χ0v) is 12.6. The third-order valence-electron chi connectivity index (χ3n) is 3.92. The molecule has 0 aromatic carbocycles. The van der Waals surface area contributed by atoms with Gasteiger partial charge in [0.05, 0.1) is 25.9 Å². The van der Waals surface area contributed by atoms with E-state index in [9.17, 15) is 5.11 Å². The normalized spacial score (nSPS) is 26.5. The molecule has 1 aliphatic rings. The number of methoxy groups -OCH3 is 1. The first kappa shape index (κ1) is 16.9. The lowest BCUT2D eigenvalue weighted by Gasteiger charge is -2.38. The highest BCUT2D eigenvalue weighted by atomic mass is 16.5. The lowest BCUT2D eigenvalue weighted by molar-refractivity contribution is -0.00790. The number of nitrogens with zero attached hydrogens (tertiary/aromatic N) is 1.